The fourth-order valence-corrected chi connectivity index (χ4v) is 1.02. The molecule has 0 spiro atoms. The molecule has 1 rings (SSSR count). The summed E-state index contributed by atoms with van der Waals surface area (Å²) >= 11 is 0. The number of rotatable bonds is 1. The van der Waals surface area contributed by atoms with Crippen LogP contribution in [0.3, 0.4) is 0 Å². The van der Waals surface area contributed by atoms with Crippen LogP contribution in [0.1, 0.15) is 19.8 Å². The van der Waals surface area contributed by atoms with Crippen LogP contribution in [0.5, 0.6) is 0 Å². The molecule has 0 fully saturated rings. The summed E-state index contributed by atoms with van der Waals surface area (Å²) in [5, 5.41) is 0. The highest BCUT2D eigenvalue weighted by Gasteiger charge is 2.21. The summed E-state index contributed by atoms with van der Waals surface area (Å²) in [6.45, 7) is 1.33. The lowest BCUT2D eigenvalue weighted by Crippen LogP contribution is -2.19. The van der Waals surface area contributed by atoms with Crippen molar-refractivity contribution in [1.82, 2.24) is 0 Å². The van der Waals surface area contributed by atoms with E-state index in [2.05, 4.69) is 0 Å². The second-order valence-electron chi connectivity index (χ2n) is 2.52. The number of Topliss-reactive ketones (excluding diaryl/α,β-unsaturated/α-hetero) is 3. The van der Waals surface area contributed by atoms with E-state index in [1.807, 2.05) is 0 Å². The molecule has 0 unspecified atom stereocenters. The van der Waals surface area contributed by atoms with Gasteiger partial charge in [-0.05, 0) is 6.92 Å². The monoisotopic (exact) mass is 152 g/mol. The summed E-state index contributed by atoms with van der Waals surface area (Å²) in [4.78, 5) is 32.3. The Morgan fingerprint density at radius 3 is 2.55 bits per heavy atom. The van der Waals surface area contributed by atoms with Gasteiger partial charge in [-0.25, -0.2) is 0 Å². The van der Waals surface area contributed by atoms with E-state index in [9.17, 15) is 14.4 Å². The molecule has 0 N–H and O–H groups in total. The van der Waals surface area contributed by atoms with Crippen molar-refractivity contribution in [1.29, 1.82) is 0 Å². The van der Waals surface area contributed by atoms with E-state index in [1.54, 1.807) is 0 Å². The van der Waals surface area contributed by atoms with Gasteiger partial charge in [0.25, 0.3) is 0 Å². The fraction of sp³-hybridized carbons (Fsp3) is 0.375. The summed E-state index contributed by atoms with van der Waals surface area (Å²) in [6.07, 6.45) is 1.53. The Labute approximate surface area is 64.1 Å². The lowest BCUT2D eigenvalue weighted by molar-refractivity contribution is -0.126. The van der Waals surface area contributed by atoms with Gasteiger partial charge in [0.1, 0.15) is 5.78 Å². The maximum atomic E-state index is 10.9. The van der Waals surface area contributed by atoms with Gasteiger partial charge in [0, 0.05) is 6.42 Å². The third kappa shape index (κ3) is 1.61. The Balaban J connectivity index is 2.89. The van der Waals surface area contributed by atoms with Gasteiger partial charge < -0.3 is 0 Å². The van der Waals surface area contributed by atoms with Crippen molar-refractivity contribution in [3.63, 3.8) is 0 Å². The van der Waals surface area contributed by atoms with E-state index >= 15 is 0 Å². The molecule has 58 valence electrons. The first-order valence-electron chi connectivity index (χ1n) is 3.37. The molecular formula is C8H8O3. The lowest BCUT2D eigenvalue weighted by atomic mass is 9.95. The van der Waals surface area contributed by atoms with Gasteiger partial charge in [0.2, 0.25) is 0 Å². The van der Waals surface area contributed by atoms with Crippen LogP contribution in [0, 0.1) is 0 Å². The molecule has 11 heavy (non-hydrogen) atoms. The molecule has 0 aromatic heterocycles. The van der Waals surface area contributed by atoms with Gasteiger partial charge in [-0.3, -0.25) is 14.4 Å². The largest absolute Gasteiger partial charge is 0.299 e. The van der Waals surface area contributed by atoms with Crippen molar-refractivity contribution in [3.05, 3.63) is 11.6 Å². The van der Waals surface area contributed by atoms with Gasteiger partial charge in [-0.1, -0.05) is 6.08 Å². The van der Waals surface area contributed by atoms with Crippen molar-refractivity contribution in [3.8, 4) is 0 Å². The summed E-state index contributed by atoms with van der Waals surface area (Å²) in [5.74, 6) is -0.698. The lowest BCUT2D eigenvalue weighted by Gasteiger charge is -2.06. The SMILES string of the molecule is CC(=O)C1=CCC(=O)CC1=O. The van der Waals surface area contributed by atoms with Crippen LogP contribution in [0.4, 0.5) is 0 Å². The number of ketones is 3. The van der Waals surface area contributed by atoms with E-state index in [0.29, 0.717) is 0 Å². The molecule has 0 aliphatic heterocycles. The zero-order valence-electron chi connectivity index (χ0n) is 6.22. The molecule has 3 nitrogen and oxygen atoms in total. The fourth-order valence-electron chi connectivity index (χ4n) is 1.02. The molecule has 0 atom stereocenters. The minimum atomic E-state index is -0.339. The molecule has 0 radical (unpaired) electrons. The van der Waals surface area contributed by atoms with Crippen LogP contribution < -0.4 is 0 Å². The minimum Gasteiger partial charge on any atom is -0.299 e. The normalized spacial score (nSPS) is 18.1. The Bertz CT molecular complexity index is 261. The third-order valence-electron chi connectivity index (χ3n) is 1.57. The Morgan fingerprint density at radius 2 is 2.09 bits per heavy atom. The number of carbonyl (C=O) groups is 3. The molecule has 3 heteroatoms. The van der Waals surface area contributed by atoms with Crippen LogP contribution in [0.2, 0.25) is 0 Å². The van der Waals surface area contributed by atoms with Gasteiger partial charge in [-0.2, -0.15) is 0 Å². The third-order valence-corrected chi connectivity index (χ3v) is 1.57. The molecule has 0 saturated heterocycles. The zero-order chi connectivity index (χ0) is 8.43. The Morgan fingerprint density at radius 1 is 1.45 bits per heavy atom. The van der Waals surface area contributed by atoms with E-state index < -0.39 is 0 Å². The topological polar surface area (TPSA) is 51.2 Å². The van der Waals surface area contributed by atoms with Crippen LogP contribution in [0.15, 0.2) is 11.6 Å². The first-order valence-corrected chi connectivity index (χ1v) is 3.37. The Hall–Kier alpha value is -1.25. The van der Waals surface area contributed by atoms with Crippen LogP contribution in [0.25, 0.3) is 0 Å². The average Bonchev–Trinajstić information content (AvgIpc) is 1.85. The number of carbonyl (C=O) groups excluding carboxylic acids is 3. The molecule has 1 aliphatic carbocycles. The quantitative estimate of drug-likeness (QED) is 0.404. The zero-order valence-corrected chi connectivity index (χ0v) is 6.22. The highest BCUT2D eigenvalue weighted by molar-refractivity contribution is 6.25. The summed E-state index contributed by atoms with van der Waals surface area (Å²) in [5.41, 5.74) is 0.185. The van der Waals surface area contributed by atoms with Crippen LogP contribution in [-0.4, -0.2) is 17.3 Å². The van der Waals surface area contributed by atoms with Crippen molar-refractivity contribution < 1.29 is 14.4 Å². The Kier molecular flexibility index (Phi) is 1.98. The van der Waals surface area contributed by atoms with Crippen molar-refractivity contribution in [2.45, 2.75) is 19.8 Å². The van der Waals surface area contributed by atoms with E-state index in [0.717, 1.165) is 0 Å². The van der Waals surface area contributed by atoms with Gasteiger partial charge in [-0.15, -0.1) is 0 Å². The number of allylic oxidation sites excluding steroid dienone is 2. The molecular weight excluding hydrogens is 144 g/mol. The maximum absolute atomic E-state index is 10.9. The second-order valence-corrected chi connectivity index (χ2v) is 2.52. The van der Waals surface area contributed by atoms with Crippen molar-refractivity contribution in [2.75, 3.05) is 0 Å². The van der Waals surface area contributed by atoms with E-state index in [1.165, 1.54) is 13.0 Å². The first kappa shape index (κ1) is 7.85. The predicted octanol–water partition coefficient (Wildman–Crippen LogP) is 0.434. The standard InChI is InChI=1S/C8H8O3/c1-5(9)7-3-2-6(10)4-8(7)11/h3H,2,4H2,1H3. The van der Waals surface area contributed by atoms with Gasteiger partial charge in [0.15, 0.2) is 11.6 Å². The highest BCUT2D eigenvalue weighted by atomic mass is 16.2. The average molecular weight is 152 g/mol. The molecule has 0 aromatic rings. The first-order chi connectivity index (χ1) is 5.11. The molecule has 0 saturated carbocycles. The molecule has 0 amide bonds. The van der Waals surface area contributed by atoms with Crippen LogP contribution >= 0.6 is 0 Å². The summed E-state index contributed by atoms with van der Waals surface area (Å²) in [6, 6.07) is 0. The second kappa shape index (κ2) is 2.78. The van der Waals surface area contributed by atoms with Crippen molar-refractivity contribution in [2.24, 2.45) is 0 Å². The molecule has 0 bridgehead atoms. The van der Waals surface area contributed by atoms with Crippen LogP contribution in [-0.2, 0) is 14.4 Å². The summed E-state index contributed by atoms with van der Waals surface area (Å²) in [7, 11) is 0. The van der Waals surface area contributed by atoms with Gasteiger partial charge in [0.05, 0.1) is 12.0 Å². The molecule has 0 aromatic carbocycles. The molecule has 0 heterocycles. The van der Waals surface area contributed by atoms with E-state index in [-0.39, 0.29) is 35.8 Å². The number of hydrogen-bond acceptors (Lipinski definition) is 3. The highest BCUT2D eigenvalue weighted by Crippen LogP contribution is 2.11. The molecule has 1 aliphatic rings. The summed E-state index contributed by atoms with van der Waals surface area (Å²) < 4.78 is 0. The number of hydrogen-bond donors (Lipinski definition) is 0. The minimum absolute atomic E-state index is 0.106. The smallest absolute Gasteiger partial charge is 0.173 e. The predicted molar refractivity (Wildman–Crippen MR) is 38.0 cm³/mol. The van der Waals surface area contributed by atoms with E-state index in [4.69, 9.17) is 0 Å². The maximum Gasteiger partial charge on any atom is 0.173 e. The van der Waals surface area contributed by atoms with Gasteiger partial charge >= 0.3 is 0 Å². The van der Waals surface area contributed by atoms with Crippen molar-refractivity contribution >= 4 is 17.3 Å².